The first-order chi connectivity index (χ1) is 11.4. The molecular formula is C18H17BrFNO2S. The van der Waals surface area contributed by atoms with E-state index < -0.39 is 0 Å². The molecule has 0 saturated carbocycles. The minimum atomic E-state index is -0.333. The van der Waals surface area contributed by atoms with Gasteiger partial charge in [-0.25, -0.2) is 4.39 Å². The molecule has 0 spiro atoms. The van der Waals surface area contributed by atoms with E-state index in [1.54, 1.807) is 43.3 Å². The van der Waals surface area contributed by atoms with Crippen LogP contribution in [-0.4, -0.2) is 16.9 Å². The van der Waals surface area contributed by atoms with Crippen LogP contribution >= 0.6 is 27.7 Å². The summed E-state index contributed by atoms with van der Waals surface area (Å²) in [5.41, 5.74) is 1.79. The van der Waals surface area contributed by atoms with Crippen LogP contribution in [0.1, 0.15) is 29.8 Å². The largest absolute Gasteiger partial charge is 0.325 e. The molecular weight excluding hydrogens is 393 g/mol. The van der Waals surface area contributed by atoms with Crippen LogP contribution < -0.4 is 5.32 Å². The summed E-state index contributed by atoms with van der Waals surface area (Å²) in [4.78, 5) is 23.4. The van der Waals surface area contributed by atoms with E-state index in [1.165, 1.54) is 24.8 Å². The molecule has 2 aromatic carbocycles. The van der Waals surface area contributed by atoms with Gasteiger partial charge in [-0.15, -0.1) is 11.8 Å². The highest BCUT2D eigenvalue weighted by Gasteiger charge is 2.15. The lowest BCUT2D eigenvalue weighted by Crippen LogP contribution is -2.22. The third-order valence-corrected chi connectivity index (χ3v) is 5.12. The summed E-state index contributed by atoms with van der Waals surface area (Å²) in [5.74, 6) is -0.0533. The van der Waals surface area contributed by atoms with Gasteiger partial charge in [0.15, 0.2) is 5.78 Å². The maximum Gasteiger partial charge on any atom is 0.237 e. The van der Waals surface area contributed by atoms with Crippen LogP contribution in [0.25, 0.3) is 0 Å². The first kappa shape index (κ1) is 18.7. The number of halogens is 2. The molecule has 1 unspecified atom stereocenters. The van der Waals surface area contributed by atoms with Gasteiger partial charge in [0.25, 0.3) is 0 Å². The second-order valence-electron chi connectivity index (χ2n) is 5.31. The summed E-state index contributed by atoms with van der Waals surface area (Å²) in [6, 6.07) is 11.6. The molecule has 3 nitrogen and oxygen atoms in total. The van der Waals surface area contributed by atoms with E-state index in [0.717, 1.165) is 0 Å². The molecule has 1 atom stereocenters. The number of anilines is 1. The molecule has 126 valence electrons. The normalized spacial score (nSPS) is 11.8. The van der Waals surface area contributed by atoms with Crippen LogP contribution in [0.2, 0.25) is 0 Å². The minimum absolute atomic E-state index is 0.0201. The number of ketones is 1. The molecule has 0 radical (unpaired) electrons. The zero-order valence-corrected chi connectivity index (χ0v) is 15.7. The third kappa shape index (κ3) is 5.18. The highest BCUT2D eigenvalue weighted by Crippen LogP contribution is 2.23. The lowest BCUT2D eigenvalue weighted by atomic mass is 10.1. The second-order valence-corrected chi connectivity index (χ2v) is 7.56. The number of thioether (sulfide) groups is 1. The van der Waals surface area contributed by atoms with E-state index in [1.807, 2.05) is 0 Å². The van der Waals surface area contributed by atoms with Crippen LogP contribution in [0.15, 0.2) is 46.9 Å². The van der Waals surface area contributed by atoms with Crippen molar-refractivity contribution in [2.45, 2.75) is 24.9 Å². The number of carbonyl (C=O) groups is 2. The lowest BCUT2D eigenvalue weighted by Gasteiger charge is -2.12. The van der Waals surface area contributed by atoms with E-state index in [2.05, 4.69) is 21.2 Å². The Bertz CT molecular complexity index is 749. The van der Waals surface area contributed by atoms with Crippen LogP contribution in [0.4, 0.5) is 10.1 Å². The molecule has 2 rings (SSSR count). The predicted octanol–water partition coefficient (Wildman–Crippen LogP) is 5.05. The average molecular weight is 410 g/mol. The Morgan fingerprint density at radius 1 is 1.21 bits per heavy atom. The molecule has 24 heavy (non-hydrogen) atoms. The quantitative estimate of drug-likeness (QED) is 0.678. The van der Waals surface area contributed by atoms with E-state index in [9.17, 15) is 14.0 Å². The van der Waals surface area contributed by atoms with Crippen LogP contribution in [0, 0.1) is 5.82 Å². The number of amides is 1. The molecule has 1 N–H and O–H groups in total. The van der Waals surface area contributed by atoms with E-state index in [4.69, 9.17) is 0 Å². The maximum absolute atomic E-state index is 13.8. The Hall–Kier alpha value is -1.66. The number of Topliss-reactive ketones (excluding diaryl/α,β-unsaturated/α-hetero) is 1. The Balaban J connectivity index is 1.90. The summed E-state index contributed by atoms with van der Waals surface area (Å²) in [5, 5.41) is 2.46. The van der Waals surface area contributed by atoms with Gasteiger partial charge >= 0.3 is 0 Å². The Morgan fingerprint density at radius 3 is 2.46 bits per heavy atom. The second kappa shape index (κ2) is 8.44. The van der Waals surface area contributed by atoms with Crippen molar-refractivity contribution < 1.29 is 14.0 Å². The van der Waals surface area contributed by atoms with Crippen molar-refractivity contribution >= 4 is 45.1 Å². The molecule has 0 heterocycles. The number of carbonyl (C=O) groups excluding carboxylic acids is 2. The SMILES string of the molecule is CC(=O)c1ccc(NC(=O)C(C)SCc2ccc(Br)cc2F)cc1. The van der Waals surface area contributed by atoms with Crippen molar-refractivity contribution in [3.05, 3.63) is 63.9 Å². The molecule has 6 heteroatoms. The highest BCUT2D eigenvalue weighted by atomic mass is 79.9. The number of hydrogen-bond donors (Lipinski definition) is 1. The summed E-state index contributed by atoms with van der Waals surface area (Å²) < 4.78 is 14.5. The van der Waals surface area contributed by atoms with Crippen LogP contribution in [0.5, 0.6) is 0 Å². The van der Waals surface area contributed by atoms with Gasteiger partial charge in [0.05, 0.1) is 5.25 Å². The van der Waals surface area contributed by atoms with E-state index in [0.29, 0.717) is 27.0 Å². The highest BCUT2D eigenvalue weighted by molar-refractivity contribution is 9.10. The van der Waals surface area contributed by atoms with Gasteiger partial charge in [-0.1, -0.05) is 22.0 Å². The summed E-state index contributed by atoms with van der Waals surface area (Å²) >= 11 is 4.58. The van der Waals surface area contributed by atoms with Crippen LogP contribution in [0.3, 0.4) is 0 Å². The van der Waals surface area contributed by atoms with Gasteiger partial charge in [0, 0.05) is 21.5 Å². The fraction of sp³-hybridized carbons (Fsp3) is 0.222. The Kier molecular flexibility index (Phi) is 6.57. The monoisotopic (exact) mass is 409 g/mol. The topological polar surface area (TPSA) is 46.2 Å². The molecule has 0 saturated heterocycles. The van der Waals surface area contributed by atoms with Crippen molar-refractivity contribution in [1.29, 1.82) is 0 Å². The number of nitrogens with one attached hydrogen (secondary N) is 1. The first-order valence-electron chi connectivity index (χ1n) is 7.34. The number of hydrogen-bond acceptors (Lipinski definition) is 3. The first-order valence-corrected chi connectivity index (χ1v) is 9.18. The molecule has 0 aliphatic heterocycles. The maximum atomic E-state index is 13.8. The fourth-order valence-electron chi connectivity index (χ4n) is 1.96. The summed E-state index contributed by atoms with van der Waals surface area (Å²) in [7, 11) is 0. The van der Waals surface area contributed by atoms with Crippen molar-refractivity contribution in [3.63, 3.8) is 0 Å². The van der Waals surface area contributed by atoms with Gasteiger partial charge in [-0.2, -0.15) is 0 Å². The molecule has 1 amide bonds. The summed E-state index contributed by atoms with van der Waals surface area (Å²) in [6.45, 7) is 3.27. The molecule has 0 aliphatic rings. The van der Waals surface area contributed by atoms with Crippen molar-refractivity contribution in [2.24, 2.45) is 0 Å². The molecule has 0 aromatic heterocycles. The van der Waals surface area contributed by atoms with E-state index in [-0.39, 0.29) is 22.8 Å². The predicted molar refractivity (Wildman–Crippen MR) is 99.9 cm³/mol. The number of benzene rings is 2. The number of rotatable bonds is 6. The van der Waals surface area contributed by atoms with Gasteiger partial charge < -0.3 is 5.32 Å². The molecule has 0 fully saturated rings. The Labute approximate surface area is 153 Å². The van der Waals surface area contributed by atoms with Crippen molar-refractivity contribution in [2.75, 3.05) is 5.32 Å². The molecule has 0 aliphatic carbocycles. The average Bonchev–Trinajstić information content (AvgIpc) is 2.54. The van der Waals surface area contributed by atoms with Crippen molar-refractivity contribution in [3.8, 4) is 0 Å². The minimum Gasteiger partial charge on any atom is -0.325 e. The van der Waals surface area contributed by atoms with Gasteiger partial charge in [0.1, 0.15) is 5.82 Å². The Morgan fingerprint density at radius 2 is 1.88 bits per heavy atom. The zero-order chi connectivity index (χ0) is 17.7. The van der Waals surface area contributed by atoms with Gasteiger partial charge in [0.2, 0.25) is 5.91 Å². The van der Waals surface area contributed by atoms with Gasteiger partial charge in [-0.05, 0) is 55.8 Å². The fourth-order valence-corrected chi connectivity index (χ4v) is 3.17. The zero-order valence-electron chi connectivity index (χ0n) is 13.3. The lowest BCUT2D eigenvalue weighted by molar-refractivity contribution is -0.115. The van der Waals surface area contributed by atoms with Crippen molar-refractivity contribution in [1.82, 2.24) is 0 Å². The molecule has 2 aromatic rings. The van der Waals surface area contributed by atoms with Gasteiger partial charge in [-0.3, -0.25) is 9.59 Å². The summed E-state index contributed by atoms with van der Waals surface area (Å²) in [6.07, 6.45) is 0. The standard InChI is InChI=1S/C18H17BrFNO2S/c1-11(22)13-4-7-16(8-5-13)21-18(23)12(2)24-10-14-3-6-15(19)9-17(14)20/h3-9,12H,10H2,1-2H3,(H,21,23). The molecule has 0 bridgehead atoms. The third-order valence-electron chi connectivity index (χ3n) is 3.43. The smallest absolute Gasteiger partial charge is 0.237 e. The van der Waals surface area contributed by atoms with Crippen LogP contribution in [-0.2, 0) is 10.5 Å². The van der Waals surface area contributed by atoms with E-state index >= 15 is 0 Å².